The Labute approximate surface area is 182 Å². The summed E-state index contributed by atoms with van der Waals surface area (Å²) in [5, 5.41) is 2.87. The number of halogens is 4. The molecule has 10 heteroatoms. The Hall–Kier alpha value is -2.68. The van der Waals surface area contributed by atoms with Crippen LogP contribution in [0.15, 0.2) is 36.5 Å². The van der Waals surface area contributed by atoms with E-state index in [1.165, 1.54) is 0 Å². The first-order valence-electron chi connectivity index (χ1n) is 9.95. The highest BCUT2D eigenvalue weighted by molar-refractivity contribution is 6.33. The number of benzene rings is 1. The van der Waals surface area contributed by atoms with E-state index in [9.17, 15) is 18.0 Å². The van der Waals surface area contributed by atoms with Crippen LogP contribution >= 0.6 is 11.6 Å². The maximum atomic E-state index is 12.8. The molecule has 1 aromatic heterocycles. The molecule has 1 amide bonds. The van der Waals surface area contributed by atoms with E-state index in [1.54, 1.807) is 4.90 Å². The number of rotatable bonds is 4. The summed E-state index contributed by atoms with van der Waals surface area (Å²) >= 11 is 6.03. The van der Waals surface area contributed by atoms with Gasteiger partial charge < -0.3 is 19.7 Å². The van der Waals surface area contributed by atoms with Crippen LogP contribution in [0.4, 0.5) is 19.0 Å². The van der Waals surface area contributed by atoms with Crippen molar-refractivity contribution in [3.63, 3.8) is 0 Å². The number of hydrogen-bond donors (Lipinski definition) is 1. The highest BCUT2D eigenvalue weighted by atomic mass is 35.5. The van der Waals surface area contributed by atoms with Crippen LogP contribution in [0.5, 0.6) is 11.5 Å². The second-order valence-electron chi connectivity index (χ2n) is 7.53. The van der Waals surface area contributed by atoms with E-state index in [0.717, 1.165) is 12.3 Å². The van der Waals surface area contributed by atoms with Crippen LogP contribution in [0.25, 0.3) is 0 Å². The summed E-state index contributed by atoms with van der Waals surface area (Å²) < 4.78 is 49.9. The van der Waals surface area contributed by atoms with Gasteiger partial charge in [-0.05, 0) is 31.0 Å². The second kappa shape index (κ2) is 8.82. The number of amides is 1. The van der Waals surface area contributed by atoms with Gasteiger partial charge in [0, 0.05) is 25.2 Å². The minimum absolute atomic E-state index is 0.0487. The predicted molar refractivity (Wildman–Crippen MR) is 109 cm³/mol. The van der Waals surface area contributed by atoms with Gasteiger partial charge in [0.2, 0.25) is 5.91 Å². The van der Waals surface area contributed by atoms with Gasteiger partial charge in [-0.1, -0.05) is 23.7 Å². The van der Waals surface area contributed by atoms with Crippen molar-refractivity contribution < 1.29 is 27.4 Å². The summed E-state index contributed by atoms with van der Waals surface area (Å²) in [6.45, 7) is 1.65. The quantitative estimate of drug-likeness (QED) is 0.757. The van der Waals surface area contributed by atoms with Crippen LogP contribution in [0.2, 0.25) is 5.02 Å². The van der Waals surface area contributed by atoms with Gasteiger partial charge in [-0.25, -0.2) is 4.98 Å². The summed E-state index contributed by atoms with van der Waals surface area (Å²) in [6.07, 6.45) is -2.88. The number of nitrogens with one attached hydrogen (secondary N) is 1. The summed E-state index contributed by atoms with van der Waals surface area (Å²) in [4.78, 5) is 18.3. The Kier molecular flexibility index (Phi) is 6.13. The number of para-hydroxylation sites is 2. The molecule has 6 nitrogen and oxygen atoms in total. The molecule has 0 saturated carbocycles. The molecular formula is C21H21ClF3N3O3. The van der Waals surface area contributed by atoms with Crippen molar-refractivity contribution in [2.75, 3.05) is 31.1 Å². The minimum atomic E-state index is -4.49. The van der Waals surface area contributed by atoms with Crippen LogP contribution < -0.4 is 19.7 Å². The van der Waals surface area contributed by atoms with Crippen LogP contribution in [0.1, 0.15) is 18.4 Å². The number of carbonyl (C=O) groups excluding carboxylic acids is 1. The topological polar surface area (TPSA) is 63.7 Å². The molecule has 2 aliphatic rings. The molecule has 2 aliphatic heterocycles. The smallest absolute Gasteiger partial charge is 0.417 e. The Balaban J connectivity index is 1.27. The lowest BCUT2D eigenvalue weighted by Crippen LogP contribution is -2.45. The molecular weight excluding hydrogens is 435 g/mol. The number of pyridine rings is 1. The van der Waals surface area contributed by atoms with Crippen molar-refractivity contribution in [3.8, 4) is 11.5 Å². The fraction of sp³-hybridized carbons (Fsp3) is 0.429. The van der Waals surface area contributed by atoms with Crippen molar-refractivity contribution in [1.82, 2.24) is 10.3 Å². The monoisotopic (exact) mass is 455 g/mol. The number of piperidine rings is 1. The van der Waals surface area contributed by atoms with Crippen molar-refractivity contribution >= 4 is 23.3 Å². The summed E-state index contributed by atoms with van der Waals surface area (Å²) in [6, 6.07) is 8.25. The van der Waals surface area contributed by atoms with Gasteiger partial charge >= 0.3 is 6.18 Å². The van der Waals surface area contributed by atoms with Crippen molar-refractivity contribution in [2.24, 2.45) is 5.92 Å². The van der Waals surface area contributed by atoms with Gasteiger partial charge in [0.25, 0.3) is 0 Å². The first-order chi connectivity index (χ1) is 14.8. The molecule has 4 rings (SSSR count). The maximum absolute atomic E-state index is 12.8. The average molecular weight is 456 g/mol. The molecule has 1 saturated heterocycles. The van der Waals surface area contributed by atoms with Gasteiger partial charge in [0.1, 0.15) is 18.5 Å². The van der Waals surface area contributed by atoms with Gasteiger partial charge in [-0.3, -0.25) is 4.79 Å². The zero-order chi connectivity index (χ0) is 22.0. The lowest BCUT2D eigenvalue weighted by molar-refractivity contribution is -0.137. The number of alkyl halides is 3. The molecule has 0 unspecified atom stereocenters. The van der Waals surface area contributed by atoms with Crippen molar-refractivity contribution in [1.29, 1.82) is 0 Å². The number of anilines is 1. The Morgan fingerprint density at radius 1 is 1.23 bits per heavy atom. The third-order valence-corrected chi connectivity index (χ3v) is 5.66. The fourth-order valence-electron chi connectivity index (χ4n) is 3.69. The number of hydrogen-bond acceptors (Lipinski definition) is 5. The Morgan fingerprint density at radius 2 is 1.94 bits per heavy atom. The third kappa shape index (κ3) is 4.98. The first-order valence-corrected chi connectivity index (χ1v) is 10.3. The highest BCUT2D eigenvalue weighted by Crippen LogP contribution is 2.35. The van der Waals surface area contributed by atoms with E-state index in [4.69, 9.17) is 21.1 Å². The van der Waals surface area contributed by atoms with Gasteiger partial charge in [0.15, 0.2) is 11.5 Å². The van der Waals surface area contributed by atoms with Crippen LogP contribution in [-0.2, 0) is 11.0 Å². The second-order valence-corrected chi connectivity index (χ2v) is 7.94. The van der Waals surface area contributed by atoms with E-state index >= 15 is 0 Å². The molecule has 1 N–H and O–H groups in total. The standard InChI is InChI=1S/C21H21ClF3N3O3/c22-16-9-14(21(23,24)25)10-26-19(16)28-7-5-13(6-8-28)20(29)27-11-15-12-30-17-3-1-2-4-18(17)31-15/h1-4,9-10,13,15H,5-8,11-12H2,(H,27,29)/t15-/m1/s1. The minimum Gasteiger partial charge on any atom is -0.486 e. The molecule has 1 fully saturated rings. The number of carbonyl (C=O) groups is 1. The molecule has 31 heavy (non-hydrogen) atoms. The van der Waals surface area contributed by atoms with Crippen LogP contribution in [0, 0.1) is 5.92 Å². The van der Waals surface area contributed by atoms with Gasteiger partial charge in [-0.2, -0.15) is 13.2 Å². The predicted octanol–water partition coefficient (Wildman–Crippen LogP) is 3.93. The largest absolute Gasteiger partial charge is 0.486 e. The maximum Gasteiger partial charge on any atom is 0.417 e. The zero-order valence-corrected chi connectivity index (χ0v) is 17.2. The molecule has 0 bridgehead atoms. The molecule has 0 spiro atoms. The van der Waals surface area contributed by atoms with E-state index < -0.39 is 11.7 Å². The molecule has 0 radical (unpaired) electrons. The normalized spacial score (nSPS) is 19.2. The fourth-order valence-corrected chi connectivity index (χ4v) is 3.98. The van der Waals surface area contributed by atoms with Gasteiger partial charge in [-0.15, -0.1) is 0 Å². The first kappa shape index (κ1) is 21.5. The molecule has 0 aliphatic carbocycles. The number of aromatic nitrogens is 1. The molecule has 2 aromatic rings. The average Bonchev–Trinajstić information content (AvgIpc) is 2.77. The number of fused-ring (bicyclic) bond motifs is 1. The highest BCUT2D eigenvalue weighted by Gasteiger charge is 2.33. The zero-order valence-electron chi connectivity index (χ0n) is 16.5. The Bertz CT molecular complexity index is 949. The van der Waals surface area contributed by atoms with Crippen molar-refractivity contribution in [3.05, 3.63) is 47.1 Å². The van der Waals surface area contributed by atoms with E-state index in [0.29, 0.717) is 56.4 Å². The molecule has 3 heterocycles. The number of nitrogens with zero attached hydrogens (tertiary/aromatic N) is 2. The summed E-state index contributed by atoms with van der Waals surface area (Å²) in [7, 11) is 0. The molecule has 166 valence electrons. The van der Waals surface area contributed by atoms with E-state index in [-0.39, 0.29) is 23.0 Å². The molecule has 1 atom stereocenters. The lowest BCUT2D eigenvalue weighted by Gasteiger charge is -2.33. The summed E-state index contributed by atoms with van der Waals surface area (Å²) in [5.74, 6) is 1.38. The van der Waals surface area contributed by atoms with Crippen molar-refractivity contribution in [2.45, 2.75) is 25.1 Å². The van der Waals surface area contributed by atoms with Crippen LogP contribution in [0.3, 0.4) is 0 Å². The van der Waals surface area contributed by atoms with Crippen LogP contribution in [-0.4, -0.2) is 43.2 Å². The Morgan fingerprint density at radius 3 is 2.61 bits per heavy atom. The third-order valence-electron chi connectivity index (χ3n) is 5.39. The van der Waals surface area contributed by atoms with E-state index in [2.05, 4.69) is 10.3 Å². The van der Waals surface area contributed by atoms with Gasteiger partial charge in [0.05, 0.1) is 17.1 Å². The lowest BCUT2D eigenvalue weighted by atomic mass is 9.96. The summed E-state index contributed by atoms with van der Waals surface area (Å²) in [5.41, 5.74) is -0.882. The van der Waals surface area contributed by atoms with E-state index in [1.807, 2.05) is 24.3 Å². The molecule has 1 aromatic carbocycles. The SMILES string of the molecule is O=C(NC[C@@H]1COc2ccccc2O1)C1CCN(c2ncc(C(F)(F)F)cc2Cl)CC1. The number of ether oxygens (including phenoxy) is 2.